The Kier molecular flexibility index (Phi) is 5.65. The predicted molar refractivity (Wildman–Crippen MR) is 91.9 cm³/mol. The van der Waals surface area contributed by atoms with Gasteiger partial charge in [0.1, 0.15) is 5.75 Å². The van der Waals surface area contributed by atoms with Crippen LogP contribution in [0.15, 0.2) is 35.1 Å². The van der Waals surface area contributed by atoms with Crippen LogP contribution in [0.5, 0.6) is 5.88 Å². The summed E-state index contributed by atoms with van der Waals surface area (Å²) in [5, 5.41) is -0.108. The second kappa shape index (κ2) is 7.51. The Labute approximate surface area is 145 Å². The number of sulfone groups is 1. The number of methoxy groups -OCH3 is 1. The van der Waals surface area contributed by atoms with Crippen LogP contribution in [0, 0.1) is 12.3 Å². The molecule has 1 heterocycles. The molecule has 0 N–H and O–H groups in total. The number of hydrogen-bond donors (Lipinski definition) is 0. The first-order valence-electron chi connectivity index (χ1n) is 6.89. The Morgan fingerprint density at radius 2 is 2.00 bits per heavy atom. The average Bonchev–Trinajstić information content (AvgIpc) is 2.54. The van der Waals surface area contributed by atoms with Gasteiger partial charge in [0.25, 0.3) is 5.88 Å². The molecule has 0 saturated heterocycles. The molecule has 0 saturated carbocycles. The quantitative estimate of drug-likeness (QED) is 0.724. The molecule has 1 aromatic heterocycles. The molecule has 24 heavy (non-hydrogen) atoms. The van der Waals surface area contributed by atoms with Gasteiger partial charge in [0.05, 0.1) is 25.1 Å². The Morgan fingerprint density at radius 3 is 2.58 bits per heavy atom. The third kappa shape index (κ3) is 4.16. The summed E-state index contributed by atoms with van der Waals surface area (Å²) in [4.78, 5) is 16.3. The van der Waals surface area contributed by atoms with Crippen molar-refractivity contribution < 1.29 is 13.2 Å². The summed E-state index contributed by atoms with van der Waals surface area (Å²) in [6, 6.07) is 9.09. The number of aromatic nitrogens is 2. The highest BCUT2D eigenvalue weighted by atomic mass is 35.5. The van der Waals surface area contributed by atoms with Crippen molar-refractivity contribution in [2.24, 2.45) is 0 Å². The summed E-state index contributed by atoms with van der Waals surface area (Å²) in [6.45, 7) is 0.138. The number of benzene rings is 1. The monoisotopic (exact) mass is 366 g/mol. The minimum absolute atomic E-state index is 0.0848. The molecule has 0 spiro atoms. The number of hydrogen-bond acceptors (Lipinski definition) is 5. The van der Waals surface area contributed by atoms with Crippen molar-refractivity contribution in [1.82, 2.24) is 9.55 Å². The zero-order valence-corrected chi connectivity index (χ0v) is 14.5. The van der Waals surface area contributed by atoms with Gasteiger partial charge in [-0.15, -0.1) is 6.42 Å². The molecule has 0 aliphatic rings. The van der Waals surface area contributed by atoms with E-state index in [-0.39, 0.29) is 23.3 Å². The molecule has 6 nitrogen and oxygen atoms in total. The minimum Gasteiger partial charge on any atom is -0.477 e. The number of halogens is 1. The summed E-state index contributed by atoms with van der Waals surface area (Å²) in [7, 11) is -2.33. The topological polar surface area (TPSA) is 78.3 Å². The fourth-order valence-electron chi connectivity index (χ4n) is 2.14. The largest absolute Gasteiger partial charge is 0.477 e. The van der Waals surface area contributed by atoms with Gasteiger partial charge in [-0.1, -0.05) is 47.9 Å². The van der Waals surface area contributed by atoms with Crippen LogP contribution in [0.2, 0.25) is 5.15 Å². The molecule has 2 aromatic rings. The Hall–Kier alpha value is -2.30. The lowest BCUT2D eigenvalue weighted by Crippen LogP contribution is -2.28. The summed E-state index contributed by atoms with van der Waals surface area (Å²) >= 11 is 6.09. The summed E-state index contributed by atoms with van der Waals surface area (Å²) in [5.74, 6) is 0.964. The van der Waals surface area contributed by atoms with Crippen LogP contribution in [-0.2, 0) is 22.1 Å². The van der Waals surface area contributed by atoms with Crippen molar-refractivity contribution in [3.63, 3.8) is 0 Å². The fraction of sp³-hybridized carbons (Fsp3) is 0.250. The number of ether oxygens (including phenoxy) is 1. The first-order chi connectivity index (χ1) is 11.4. The molecule has 126 valence electrons. The van der Waals surface area contributed by atoms with Gasteiger partial charge in [-0.2, -0.15) is 4.98 Å². The van der Waals surface area contributed by atoms with E-state index < -0.39 is 26.9 Å². The Balaban J connectivity index is 2.59. The van der Waals surface area contributed by atoms with E-state index >= 15 is 0 Å². The molecule has 0 fully saturated rings. The lowest BCUT2D eigenvalue weighted by atomic mass is 10.2. The van der Waals surface area contributed by atoms with Crippen LogP contribution < -0.4 is 10.3 Å². The molecule has 0 aliphatic heterocycles. The number of rotatable bonds is 6. The van der Waals surface area contributed by atoms with Crippen LogP contribution in [0.3, 0.4) is 0 Å². The smallest absolute Gasteiger partial charge is 0.313 e. The maximum atomic E-state index is 12.5. The Bertz CT molecular complexity index is 931. The molecule has 0 radical (unpaired) electrons. The van der Waals surface area contributed by atoms with Gasteiger partial charge in [0.15, 0.2) is 15.0 Å². The molecular weight excluding hydrogens is 352 g/mol. The lowest BCUT2D eigenvalue weighted by Gasteiger charge is -2.15. The van der Waals surface area contributed by atoms with Crippen molar-refractivity contribution in [2.75, 3.05) is 12.9 Å². The van der Waals surface area contributed by atoms with Crippen molar-refractivity contribution in [2.45, 2.75) is 12.3 Å². The third-order valence-corrected chi connectivity index (χ3v) is 4.85. The standard InChI is InChI=1S/C16H15ClN2O4S/c1-3-9-24(21,22)11-13-14(17)18-15(23-2)16(20)19(13)10-12-7-5-4-6-8-12/h1,4-8H,9-11H2,2H3. The zero-order chi connectivity index (χ0) is 17.7. The summed E-state index contributed by atoms with van der Waals surface area (Å²) in [6.07, 6.45) is 5.08. The van der Waals surface area contributed by atoms with E-state index in [0.29, 0.717) is 0 Å². The van der Waals surface area contributed by atoms with Crippen LogP contribution in [-0.4, -0.2) is 30.8 Å². The molecular formula is C16H15ClN2O4S. The van der Waals surface area contributed by atoms with Gasteiger partial charge >= 0.3 is 5.56 Å². The van der Waals surface area contributed by atoms with Crippen LogP contribution in [0.25, 0.3) is 0 Å². The molecule has 2 rings (SSSR count). The highest BCUT2D eigenvalue weighted by Crippen LogP contribution is 2.19. The SMILES string of the molecule is C#CCS(=O)(=O)Cc1c(Cl)nc(OC)c(=O)n1Cc1ccccc1. The van der Waals surface area contributed by atoms with Gasteiger partial charge in [-0.3, -0.25) is 9.36 Å². The summed E-state index contributed by atoms with van der Waals surface area (Å²) < 4.78 is 30.3. The molecule has 0 bridgehead atoms. The molecule has 1 aromatic carbocycles. The fourth-order valence-corrected chi connectivity index (χ4v) is 3.53. The van der Waals surface area contributed by atoms with E-state index in [9.17, 15) is 13.2 Å². The van der Waals surface area contributed by atoms with E-state index in [4.69, 9.17) is 22.8 Å². The summed E-state index contributed by atoms with van der Waals surface area (Å²) in [5.41, 5.74) is 0.331. The van der Waals surface area contributed by atoms with Crippen LogP contribution in [0.4, 0.5) is 0 Å². The van der Waals surface area contributed by atoms with E-state index in [2.05, 4.69) is 10.9 Å². The third-order valence-electron chi connectivity index (χ3n) is 3.23. The zero-order valence-electron chi connectivity index (χ0n) is 12.9. The van der Waals surface area contributed by atoms with Crippen molar-refractivity contribution in [3.8, 4) is 18.2 Å². The van der Waals surface area contributed by atoms with E-state index in [1.165, 1.54) is 11.7 Å². The van der Waals surface area contributed by atoms with Gasteiger partial charge in [0, 0.05) is 0 Å². The second-order valence-electron chi connectivity index (χ2n) is 4.97. The molecule has 0 unspecified atom stereocenters. The van der Waals surface area contributed by atoms with E-state index in [1.54, 1.807) is 0 Å². The molecule has 0 amide bonds. The number of terminal acetylenes is 1. The van der Waals surface area contributed by atoms with Crippen molar-refractivity contribution in [1.29, 1.82) is 0 Å². The minimum atomic E-state index is -3.62. The van der Waals surface area contributed by atoms with Gasteiger partial charge < -0.3 is 4.74 Å². The highest BCUT2D eigenvalue weighted by Gasteiger charge is 2.21. The van der Waals surface area contributed by atoms with Gasteiger partial charge in [-0.05, 0) is 5.56 Å². The first kappa shape index (κ1) is 18.0. The average molecular weight is 367 g/mol. The predicted octanol–water partition coefficient (Wildman–Crippen LogP) is 1.50. The molecule has 0 aliphatic carbocycles. The van der Waals surface area contributed by atoms with E-state index in [1.807, 2.05) is 30.3 Å². The van der Waals surface area contributed by atoms with Gasteiger partial charge in [-0.25, -0.2) is 8.42 Å². The molecule has 8 heteroatoms. The maximum absolute atomic E-state index is 12.5. The second-order valence-corrected chi connectivity index (χ2v) is 7.39. The number of nitrogens with zero attached hydrogens (tertiary/aromatic N) is 2. The highest BCUT2D eigenvalue weighted by molar-refractivity contribution is 7.90. The van der Waals surface area contributed by atoms with Crippen LogP contribution in [0.1, 0.15) is 11.3 Å². The van der Waals surface area contributed by atoms with Crippen LogP contribution >= 0.6 is 11.6 Å². The van der Waals surface area contributed by atoms with Crippen molar-refractivity contribution in [3.05, 3.63) is 57.1 Å². The normalized spacial score (nSPS) is 11.0. The molecule has 0 atom stereocenters. The Morgan fingerprint density at radius 1 is 1.33 bits per heavy atom. The van der Waals surface area contributed by atoms with Gasteiger partial charge in [0.2, 0.25) is 0 Å². The maximum Gasteiger partial charge on any atom is 0.313 e. The van der Waals surface area contributed by atoms with Crippen molar-refractivity contribution >= 4 is 21.4 Å². The first-order valence-corrected chi connectivity index (χ1v) is 9.09. The van der Waals surface area contributed by atoms with E-state index in [0.717, 1.165) is 5.56 Å². The lowest BCUT2D eigenvalue weighted by molar-refractivity contribution is 0.384.